The zero-order valence-corrected chi connectivity index (χ0v) is 17.7. The molecule has 2 amide bonds. The van der Waals surface area contributed by atoms with Gasteiger partial charge in [0.15, 0.2) is 0 Å². The number of carbonyl (C=O) groups is 3. The van der Waals surface area contributed by atoms with Crippen molar-refractivity contribution in [1.82, 2.24) is 19.8 Å². The third-order valence-electron chi connectivity index (χ3n) is 5.88. The van der Waals surface area contributed by atoms with Crippen molar-refractivity contribution >= 4 is 17.8 Å². The Bertz CT molecular complexity index is 978. The van der Waals surface area contributed by atoms with Crippen LogP contribution in [-0.2, 0) is 16.1 Å². The Kier molecular flexibility index (Phi) is 7.29. The van der Waals surface area contributed by atoms with Gasteiger partial charge in [-0.05, 0) is 49.1 Å². The number of rotatable bonds is 3. The lowest BCUT2D eigenvalue weighted by atomic mass is 9.84. The number of carboxylic acids is 1. The van der Waals surface area contributed by atoms with Crippen molar-refractivity contribution in [1.29, 1.82) is 0 Å². The van der Waals surface area contributed by atoms with Crippen molar-refractivity contribution < 1.29 is 32.7 Å². The van der Waals surface area contributed by atoms with E-state index >= 15 is 0 Å². The molecule has 0 bridgehead atoms. The molecule has 176 valence electrons. The van der Waals surface area contributed by atoms with Gasteiger partial charge in [0.25, 0.3) is 5.91 Å². The summed E-state index contributed by atoms with van der Waals surface area (Å²) in [5.74, 6) is -2.57. The molecule has 1 spiro atoms. The van der Waals surface area contributed by atoms with E-state index in [1.165, 1.54) is 0 Å². The molecule has 2 aromatic rings. The molecule has 0 aliphatic carbocycles. The molecule has 0 aromatic carbocycles. The Morgan fingerprint density at radius 2 is 1.67 bits per heavy atom. The quantitative estimate of drug-likeness (QED) is 0.749. The molecule has 0 atom stereocenters. The van der Waals surface area contributed by atoms with E-state index in [-0.39, 0.29) is 17.4 Å². The van der Waals surface area contributed by atoms with E-state index in [2.05, 4.69) is 9.97 Å². The van der Waals surface area contributed by atoms with Gasteiger partial charge >= 0.3 is 12.1 Å². The lowest BCUT2D eigenvalue weighted by Gasteiger charge is -2.45. The SMILES string of the molecule is O=C(O)C(F)(F)F.O=C(c1ccccn1)N1CCC2(CCC(=O)N2Cc2ccncc2)CC1. The Labute approximate surface area is 188 Å². The number of nitrogens with zero attached hydrogens (tertiary/aromatic N) is 4. The fourth-order valence-corrected chi connectivity index (χ4v) is 4.10. The first-order valence-electron chi connectivity index (χ1n) is 10.3. The second kappa shape index (κ2) is 9.97. The first kappa shape index (κ1) is 24.1. The second-order valence-electron chi connectivity index (χ2n) is 7.87. The van der Waals surface area contributed by atoms with Crippen LogP contribution in [0.15, 0.2) is 48.9 Å². The highest BCUT2D eigenvalue weighted by molar-refractivity contribution is 5.92. The molecule has 11 heteroatoms. The minimum absolute atomic E-state index is 0.0227. The number of pyridine rings is 2. The Balaban J connectivity index is 0.000000383. The number of carbonyl (C=O) groups excluding carboxylic acids is 2. The van der Waals surface area contributed by atoms with E-state index in [1.807, 2.05) is 34.1 Å². The molecule has 0 unspecified atom stereocenters. The zero-order chi connectivity index (χ0) is 24.1. The molecule has 2 aliphatic rings. The van der Waals surface area contributed by atoms with Crippen LogP contribution in [0.1, 0.15) is 41.7 Å². The van der Waals surface area contributed by atoms with Gasteiger partial charge in [-0.25, -0.2) is 4.79 Å². The van der Waals surface area contributed by atoms with Crippen molar-refractivity contribution in [3.63, 3.8) is 0 Å². The molecule has 33 heavy (non-hydrogen) atoms. The first-order valence-corrected chi connectivity index (χ1v) is 10.3. The van der Waals surface area contributed by atoms with Gasteiger partial charge in [-0.1, -0.05) is 6.07 Å². The molecule has 8 nitrogen and oxygen atoms in total. The molecular formula is C22H23F3N4O4. The minimum atomic E-state index is -5.08. The van der Waals surface area contributed by atoms with Crippen LogP contribution < -0.4 is 0 Å². The standard InChI is InChI=1S/C20H22N4O2.C2HF3O2/c25-18-4-7-20(24(18)15-16-5-11-21-12-6-16)8-13-23(14-9-20)19(26)17-3-1-2-10-22-17;3-2(4,5)1(6)7/h1-3,5-6,10-12H,4,7-9,13-15H2;(H,6,7). The number of carboxylic acid groups (broad SMARTS) is 1. The maximum atomic E-state index is 12.6. The number of piperidine rings is 1. The third-order valence-corrected chi connectivity index (χ3v) is 5.88. The predicted molar refractivity (Wildman–Crippen MR) is 110 cm³/mol. The van der Waals surface area contributed by atoms with Crippen molar-refractivity contribution in [2.24, 2.45) is 0 Å². The van der Waals surface area contributed by atoms with E-state index in [0.29, 0.717) is 31.7 Å². The molecule has 4 heterocycles. The lowest BCUT2D eigenvalue weighted by molar-refractivity contribution is -0.192. The zero-order valence-electron chi connectivity index (χ0n) is 17.7. The molecular weight excluding hydrogens is 441 g/mol. The van der Waals surface area contributed by atoms with Gasteiger partial charge in [-0.3, -0.25) is 19.6 Å². The van der Waals surface area contributed by atoms with Crippen LogP contribution >= 0.6 is 0 Å². The summed E-state index contributed by atoms with van der Waals surface area (Å²) >= 11 is 0. The summed E-state index contributed by atoms with van der Waals surface area (Å²) in [6, 6.07) is 9.31. The minimum Gasteiger partial charge on any atom is -0.475 e. The number of likely N-dealkylation sites (tertiary alicyclic amines) is 2. The van der Waals surface area contributed by atoms with E-state index < -0.39 is 12.1 Å². The molecule has 1 N–H and O–H groups in total. The number of aromatic nitrogens is 2. The van der Waals surface area contributed by atoms with E-state index in [9.17, 15) is 22.8 Å². The fourth-order valence-electron chi connectivity index (χ4n) is 4.10. The Hall–Kier alpha value is -3.50. The van der Waals surface area contributed by atoms with Crippen LogP contribution in [0.5, 0.6) is 0 Å². The van der Waals surface area contributed by atoms with E-state index in [0.717, 1.165) is 24.8 Å². The average molecular weight is 464 g/mol. The van der Waals surface area contributed by atoms with Gasteiger partial charge < -0.3 is 14.9 Å². The van der Waals surface area contributed by atoms with Crippen molar-refractivity contribution in [3.8, 4) is 0 Å². The van der Waals surface area contributed by atoms with Crippen LogP contribution in [0.25, 0.3) is 0 Å². The molecule has 0 radical (unpaired) electrons. The molecule has 4 rings (SSSR count). The van der Waals surface area contributed by atoms with Crippen LogP contribution in [0.3, 0.4) is 0 Å². The van der Waals surface area contributed by atoms with Gasteiger partial charge in [0.2, 0.25) is 5.91 Å². The lowest BCUT2D eigenvalue weighted by Crippen LogP contribution is -2.53. The normalized spacial score (nSPS) is 17.5. The topological polar surface area (TPSA) is 104 Å². The summed E-state index contributed by atoms with van der Waals surface area (Å²) < 4.78 is 31.7. The highest BCUT2D eigenvalue weighted by Crippen LogP contribution is 2.40. The number of hydrogen-bond donors (Lipinski definition) is 1. The van der Waals surface area contributed by atoms with Gasteiger partial charge in [0.05, 0.1) is 0 Å². The summed E-state index contributed by atoms with van der Waals surface area (Å²) in [7, 11) is 0. The number of halogens is 3. The molecule has 2 fully saturated rings. The third kappa shape index (κ3) is 5.85. The average Bonchev–Trinajstić information content (AvgIpc) is 3.10. The maximum Gasteiger partial charge on any atom is 0.490 e. The summed E-state index contributed by atoms with van der Waals surface area (Å²) in [6.45, 7) is 1.95. The summed E-state index contributed by atoms with van der Waals surface area (Å²) in [6.07, 6.45) is 3.20. The van der Waals surface area contributed by atoms with Crippen molar-refractivity contribution in [2.45, 2.75) is 43.9 Å². The van der Waals surface area contributed by atoms with Crippen LogP contribution in [0, 0.1) is 0 Å². The van der Waals surface area contributed by atoms with E-state index in [1.54, 1.807) is 24.7 Å². The number of amides is 2. The van der Waals surface area contributed by atoms with Gasteiger partial charge in [0, 0.05) is 50.2 Å². The Morgan fingerprint density at radius 1 is 1.03 bits per heavy atom. The first-order chi connectivity index (χ1) is 15.6. The molecule has 0 saturated carbocycles. The monoisotopic (exact) mass is 464 g/mol. The fraction of sp³-hybridized carbons (Fsp3) is 0.409. The van der Waals surface area contributed by atoms with Crippen LogP contribution in [0.2, 0.25) is 0 Å². The second-order valence-corrected chi connectivity index (χ2v) is 7.87. The highest BCUT2D eigenvalue weighted by atomic mass is 19.4. The van der Waals surface area contributed by atoms with Crippen molar-refractivity contribution in [3.05, 3.63) is 60.2 Å². The molecule has 2 aliphatic heterocycles. The van der Waals surface area contributed by atoms with Crippen LogP contribution in [0.4, 0.5) is 13.2 Å². The predicted octanol–water partition coefficient (Wildman–Crippen LogP) is 2.91. The number of aliphatic carboxylic acids is 1. The van der Waals surface area contributed by atoms with E-state index in [4.69, 9.17) is 9.90 Å². The largest absolute Gasteiger partial charge is 0.490 e. The number of hydrogen-bond acceptors (Lipinski definition) is 5. The maximum absolute atomic E-state index is 12.6. The van der Waals surface area contributed by atoms with Crippen molar-refractivity contribution in [2.75, 3.05) is 13.1 Å². The summed E-state index contributed by atoms with van der Waals surface area (Å²) in [5.41, 5.74) is 1.46. The van der Waals surface area contributed by atoms with Gasteiger partial charge in [0.1, 0.15) is 5.69 Å². The molecule has 2 saturated heterocycles. The van der Waals surface area contributed by atoms with Gasteiger partial charge in [-0.2, -0.15) is 13.2 Å². The van der Waals surface area contributed by atoms with Gasteiger partial charge in [-0.15, -0.1) is 0 Å². The van der Waals surface area contributed by atoms with Crippen LogP contribution in [-0.4, -0.2) is 67.5 Å². The smallest absolute Gasteiger partial charge is 0.475 e. The summed E-state index contributed by atoms with van der Waals surface area (Å²) in [5, 5.41) is 7.12. The molecule has 2 aromatic heterocycles. The summed E-state index contributed by atoms with van der Waals surface area (Å²) in [4.78, 5) is 46.1. The number of alkyl halides is 3. The Morgan fingerprint density at radius 3 is 2.21 bits per heavy atom. The highest BCUT2D eigenvalue weighted by Gasteiger charge is 2.47.